The van der Waals surface area contributed by atoms with Gasteiger partial charge in [-0.3, -0.25) is 0 Å². The molecule has 0 amide bonds. The van der Waals surface area contributed by atoms with Crippen LogP contribution in [0.3, 0.4) is 0 Å². The highest BCUT2D eigenvalue weighted by atomic mass is 32.3. The van der Waals surface area contributed by atoms with E-state index in [-0.39, 0.29) is 0 Å². The average Bonchev–Trinajstić information content (AvgIpc) is 3.06. The van der Waals surface area contributed by atoms with Crippen molar-refractivity contribution in [2.24, 2.45) is 0 Å². The van der Waals surface area contributed by atoms with Crippen LogP contribution in [-0.2, 0) is 9.47 Å². The third-order valence-electron chi connectivity index (χ3n) is 3.41. The lowest BCUT2D eigenvalue weighted by atomic mass is 9.94. The fraction of sp³-hybridized carbons (Fsp3) is 0.385. The normalized spacial score (nSPS) is 27.8. The molecule has 0 unspecified atom stereocenters. The first-order valence-electron chi connectivity index (χ1n) is 6.64. The van der Waals surface area contributed by atoms with Gasteiger partial charge in [0, 0.05) is 0 Å². The van der Waals surface area contributed by atoms with Gasteiger partial charge in [-0.2, -0.15) is 0 Å². The Morgan fingerprint density at radius 1 is 0.571 bits per heavy atom. The molecule has 0 aromatic carbocycles. The Labute approximate surface area is 148 Å². The van der Waals surface area contributed by atoms with Crippen LogP contribution in [0.15, 0.2) is 36.9 Å². The van der Waals surface area contributed by atoms with E-state index in [2.05, 4.69) is 0 Å². The molecule has 5 aliphatic rings. The summed E-state index contributed by atoms with van der Waals surface area (Å²) < 4.78 is 18.6. The minimum absolute atomic E-state index is 0.673. The van der Waals surface area contributed by atoms with Crippen LogP contribution in [0.4, 0.5) is 0 Å². The number of hydrogen-bond acceptors (Lipinski definition) is 8. The number of rotatable bonds is 0. The molecule has 21 heavy (non-hydrogen) atoms. The maximum absolute atomic E-state index is 5.67. The first-order chi connectivity index (χ1) is 10.4. The Morgan fingerprint density at radius 3 is 1.52 bits per heavy atom. The Hall–Kier alpha value is 0.660. The molecule has 8 heteroatoms. The van der Waals surface area contributed by atoms with Crippen LogP contribution in [0.1, 0.15) is 19.3 Å². The molecule has 0 radical (unpaired) electrons. The lowest BCUT2D eigenvalue weighted by molar-refractivity contribution is 0.0949. The highest BCUT2D eigenvalue weighted by Gasteiger charge is 2.37. The summed E-state index contributed by atoms with van der Waals surface area (Å²) in [6.07, 6.45) is 4.01. The number of ether oxygens (including phenoxy) is 2. The summed E-state index contributed by atoms with van der Waals surface area (Å²) in [6, 6.07) is 0. The van der Waals surface area contributed by atoms with Gasteiger partial charge in [-0.05, 0) is 48.4 Å². The minimum atomic E-state index is 0.673. The first-order valence-corrected chi connectivity index (χ1v) is 11.5. The number of hydrogen-bond donors (Lipinski definition) is 0. The van der Waals surface area contributed by atoms with E-state index in [0.717, 1.165) is 10.2 Å². The molecule has 110 valence electrons. The van der Waals surface area contributed by atoms with Crippen molar-refractivity contribution in [3.63, 3.8) is 0 Å². The van der Waals surface area contributed by atoms with Gasteiger partial charge < -0.3 is 9.47 Å². The summed E-state index contributed by atoms with van der Waals surface area (Å²) in [5.41, 5.74) is 1.68. The van der Waals surface area contributed by atoms with E-state index in [4.69, 9.17) is 9.47 Å². The molecule has 0 bridgehead atoms. The van der Waals surface area contributed by atoms with Gasteiger partial charge in [0.2, 0.25) is 10.2 Å². The fourth-order valence-corrected chi connectivity index (χ4v) is 11.3. The summed E-state index contributed by atoms with van der Waals surface area (Å²) in [5, 5.41) is 1.92. The summed E-state index contributed by atoms with van der Waals surface area (Å²) >= 11 is 11.3. The number of allylic oxidation sites excluding steroid dienone is 1. The second kappa shape index (κ2) is 5.63. The summed E-state index contributed by atoms with van der Waals surface area (Å²) in [7, 11) is 0. The van der Waals surface area contributed by atoms with E-state index in [1.165, 1.54) is 36.2 Å². The topological polar surface area (TPSA) is 18.5 Å². The Bertz CT molecular complexity index is 612. The molecule has 4 aliphatic heterocycles. The Morgan fingerprint density at radius 2 is 1.05 bits per heavy atom. The Kier molecular flexibility index (Phi) is 3.76. The lowest BCUT2D eigenvalue weighted by Crippen LogP contribution is -2.08. The monoisotopic (exact) mass is 390 g/mol. The molecule has 0 spiro atoms. The molecule has 1 aliphatic carbocycles. The molecule has 0 aromatic rings. The van der Waals surface area contributed by atoms with Crippen molar-refractivity contribution in [1.82, 2.24) is 0 Å². The first kappa shape index (κ1) is 14.0. The maximum Gasteiger partial charge on any atom is 0.208 e. The van der Waals surface area contributed by atoms with E-state index in [9.17, 15) is 0 Å². The molecule has 1 fully saturated rings. The zero-order valence-corrected chi connectivity index (χ0v) is 15.7. The van der Waals surface area contributed by atoms with Crippen molar-refractivity contribution in [3.05, 3.63) is 36.9 Å². The molecular formula is C13H10O2S6. The molecule has 0 N–H and O–H groups in total. The van der Waals surface area contributed by atoms with Gasteiger partial charge in [-0.1, -0.05) is 47.0 Å². The van der Waals surface area contributed by atoms with Crippen LogP contribution in [0, 0.1) is 0 Å². The number of thioether (sulfide) groups is 6. The summed E-state index contributed by atoms with van der Waals surface area (Å²) in [5.74, 6) is 0. The SMILES string of the molecule is C1CC(=C2SC3=C(S2)SC(=C2SC4=C(OCCO4)S2)S3)C1. The average molecular weight is 391 g/mol. The van der Waals surface area contributed by atoms with Gasteiger partial charge in [0.15, 0.2) is 0 Å². The largest absolute Gasteiger partial charge is 0.480 e. The van der Waals surface area contributed by atoms with Crippen LogP contribution < -0.4 is 0 Å². The summed E-state index contributed by atoms with van der Waals surface area (Å²) in [6.45, 7) is 1.35. The third kappa shape index (κ3) is 2.50. The lowest BCUT2D eigenvalue weighted by Gasteiger charge is -2.19. The van der Waals surface area contributed by atoms with E-state index >= 15 is 0 Å². The predicted octanol–water partition coefficient (Wildman–Crippen LogP) is 6.25. The predicted molar refractivity (Wildman–Crippen MR) is 99.4 cm³/mol. The zero-order valence-electron chi connectivity index (χ0n) is 10.8. The van der Waals surface area contributed by atoms with E-state index in [1.807, 2.05) is 47.0 Å². The molecular weight excluding hydrogens is 381 g/mol. The van der Waals surface area contributed by atoms with Crippen LogP contribution in [0.2, 0.25) is 0 Å². The quantitative estimate of drug-likeness (QED) is 0.477. The highest BCUT2D eigenvalue weighted by Crippen LogP contribution is 2.70. The van der Waals surface area contributed by atoms with Crippen LogP contribution in [-0.4, -0.2) is 13.2 Å². The van der Waals surface area contributed by atoms with Gasteiger partial charge in [-0.25, -0.2) is 0 Å². The van der Waals surface area contributed by atoms with E-state index in [0.29, 0.717) is 13.2 Å². The fourth-order valence-electron chi connectivity index (χ4n) is 2.17. The molecule has 0 aromatic heterocycles. The molecule has 0 saturated heterocycles. The minimum Gasteiger partial charge on any atom is -0.480 e. The van der Waals surface area contributed by atoms with Gasteiger partial charge in [0.05, 0.1) is 21.2 Å². The second-order valence-electron chi connectivity index (χ2n) is 4.78. The van der Waals surface area contributed by atoms with Gasteiger partial charge in [0.25, 0.3) is 0 Å². The Balaban J connectivity index is 1.32. The van der Waals surface area contributed by atoms with Crippen molar-refractivity contribution >= 4 is 70.6 Å². The maximum atomic E-state index is 5.67. The van der Waals surface area contributed by atoms with Gasteiger partial charge in [0.1, 0.15) is 13.2 Å². The standard InChI is InChI=1S/C13H10O2S6/c1-2-6(3-1)9-18-12-13(19-9)21-11(20-12)10-16-7-8(17-10)15-5-4-14-7/h1-5H2. The van der Waals surface area contributed by atoms with Crippen molar-refractivity contribution in [2.75, 3.05) is 13.2 Å². The molecule has 2 nitrogen and oxygen atoms in total. The van der Waals surface area contributed by atoms with Crippen molar-refractivity contribution in [3.8, 4) is 0 Å². The third-order valence-corrected chi connectivity index (χ3v) is 12.1. The summed E-state index contributed by atoms with van der Waals surface area (Å²) in [4.78, 5) is 0. The molecule has 1 saturated carbocycles. The smallest absolute Gasteiger partial charge is 0.208 e. The molecule has 5 rings (SSSR count). The van der Waals surface area contributed by atoms with Crippen LogP contribution in [0.25, 0.3) is 0 Å². The van der Waals surface area contributed by atoms with Crippen molar-refractivity contribution < 1.29 is 9.47 Å². The van der Waals surface area contributed by atoms with Gasteiger partial charge >= 0.3 is 0 Å². The van der Waals surface area contributed by atoms with Crippen LogP contribution in [0.5, 0.6) is 0 Å². The van der Waals surface area contributed by atoms with E-state index < -0.39 is 0 Å². The van der Waals surface area contributed by atoms with Gasteiger partial charge in [-0.15, -0.1) is 0 Å². The molecule has 4 heterocycles. The second-order valence-corrected chi connectivity index (χ2v) is 12.1. The van der Waals surface area contributed by atoms with Crippen molar-refractivity contribution in [1.29, 1.82) is 0 Å². The highest BCUT2D eigenvalue weighted by molar-refractivity contribution is 8.49. The molecule has 0 atom stereocenters. The zero-order chi connectivity index (χ0) is 13.8. The van der Waals surface area contributed by atoms with Crippen LogP contribution >= 0.6 is 70.6 Å². The van der Waals surface area contributed by atoms with Crippen molar-refractivity contribution in [2.45, 2.75) is 19.3 Å². The van der Waals surface area contributed by atoms with E-state index in [1.54, 1.807) is 33.3 Å².